The summed E-state index contributed by atoms with van der Waals surface area (Å²) < 4.78 is 5.16. The van der Waals surface area contributed by atoms with Gasteiger partial charge in [0.25, 0.3) is 0 Å². The first-order valence-corrected chi connectivity index (χ1v) is 10.9. The largest absolute Gasteiger partial charge is 0.508 e. The van der Waals surface area contributed by atoms with E-state index >= 15 is 0 Å². The van der Waals surface area contributed by atoms with Crippen LogP contribution < -0.4 is 10.2 Å². The number of hydrogen-bond acceptors (Lipinski definition) is 6. The third kappa shape index (κ3) is 3.37. The van der Waals surface area contributed by atoms with Crippen LogP contribution in [0.5, 0.6) is 5.75 Å². The van der Waals surface area contributed by atoms with Gasteiger partial charge in [-0.3, -0.25) is 19.7 Å². The Morgan fingerprint density at radius 3 is 2.34 bits per heavy atom. The number of esters is 1. The lowest BCUT2D eigenvalue weighted by Gasteiger charge is -2.32. The van der Waals surface area contributed by atoms with Gasteiger partial charge in [-0.25, -0.2) is 4.90 Å². The van der Waals surface area contributed by atoms with Gasteiger partial charge in [0.05, 0.1) is 24.6 Å². The van der Waals surface area contributed by atoms with E-state index in [2.05, 4.69) is 5.32 Å². The molecule has 2 amide bonds. The molecule has 2 saturated heterocycles. The van der Waals surface area contributed by atoms with E-state index in [9.17, 15) is 19.5 Å². The van der Waals surface area contributed by atoms with Crippen molar-refractivity contribution in [2.45, 2.75) is 44.7 Å². The maximum atomic E-state index is 13.7. The van der Waals surface area contributed by atoms with Crippen LogP contribution in [0.4, 0.5) is 5.69 Å². The van der Waals surface area contributed by atoms with Crippen molar-refractivity contribution in [1.29, 1.82) is 0 Å². The summed E-state index contributed by atoms with van der Waals surface area (Å²) in [5.74, 6) is -2.80. The van der Waals surface area contributed by atoms with E-state index in [0.29, 0.717) is 18.5 Å². The Labute approximate surface area is 187 Å². The molecule has 7 nitrogen and oxygen atoms in total. The van der Waals surface area contributed by atoms with Crippen LogP contribution in [-0.4, -0.2) is 35.5 Å². The Morgan fingerprint density at radius 2 is 1.75 bits per heavy atom. The lowest BCUT2D eigenvalue weighted by atomic mass is 9.76. The summed E-state index contributed by atoms with van der Waals surface area (Å²) in [6.07, 6.45) is 1.90. The van der Waals surface area contributed by atoms with Crippen LogP contribution in [0.25, 0.3) is 0 Å². The average molecular weight is 437 g/mol. The first-order valence-electron chi connectivity index (χ1n) is 10.9. The second-order valence-electron chi connectivity index (χ2n) is 8.63. The van der Waals surface area contributed by atoms with Crippen LogP contribution in [0, 0.1) is 18.8 Å². The van der Waals surface area contributed by atoms with Crippen molar-refractivity contribution in [2.24, 2.45) is 11.8 Å². The van der Waals surface area contributed by atoms with Crippen molar-refractivity contribution in [1.82, 2.24) is 5.32 Å². The molecule has 0 spiro atoms. The summed E-state index contributed by atoms with van der Waals surface area (Å²) in [4.78, 5) is 41.8. The van der Waals surface area contributed by atoms with E-state index in [1.54, 1.807) is 24.3 Å². The molecule has 2 aromatic rings. The summed E-state index contributed by atoms with van der Waals surface area (Å²) in [7, 11) is 1.31. The van der Waals surface area contributed by atoms with Gasteiger partial charge in [-0.05, 0) is 43.2 Å². The molecule has 0 unspecified atom stereocenters. The smallest absolute Gasteiger partial charge is 0.326 e. The monoisotopic (exact) mass is 436 g/mol. The lowest BCUT2D eigenvalue weighted by molar-refractivity contribution is -0.152. The first-order chi connectivity index (χ1) is 15.3. The predicted octanol–water partition coefficient (Wildman–Crippen LogP) is 3.25. The zero-order valence-electron chi connectivity index (χ0n) is 18.5. The molecule has 2 heterocycles. The highest BCUT2D eigenvalue weighted by molar-refractivity contribution is 6.24. The zero-order valence-corrected chi connectivity index (χ0v) is 18.5. The molecule has 32 heavy (non-hydrogen) atoms. The number of amides is 2. The van der Waals surface area contributed by atoms with Crippen LogP contribution in [0.2, 0.25) is 0 Å². The third-order valence-corrected chi connectivity index (χ3v) is 6.67. The van der Waals surface area contributed by atoms with Crippen LogP contribution in [0.1, 0.15) is 43.4 Å². The fourth-order valence-electron chi connectivity index (χ4n) is 5.08. The lowest BCUT2D eigenvalue weighted by Crippen LogP contribution is -2.56. The molecule has 0 bridgehead atoms. The molecule has 2 aromatic carbocycles. The number of unbranched alkanes of at least 4 members (excludes halogenated alkanes) is 1. The molecule has 2 aliphatic heterocycles. The van der Waals surface area contributed by atoms with E-state index in [1.165, 1.54) is 24.1 Å². The van der Waals surface area contributed by atoms with E-state index in [0.717, 1.165) is 17.5 Å². The number of fused-ring (bicyclic) bond motifs is 1. The molecule has 0 radical (unpaired) electrons. The second kappa shape index (κ2) is 8.39. The number of carbonyl (C=O) groups excluding carboxylic acids is 3. The number of nitrogens with one attached hydrogen (secondary N) is 1. The standard InChI is InChI=1S/C25H28N2O5/c1-4-5-14-25(24(31)32-3)20-19(21(26-25)16-8-12-18(28)13-9-16)22(29)27(23(20)30)17-10-6-15(2)7-11-17/h6-13,19-21,26,28H,4-5,14H2,1-3H3/t19-,20-,21+,25-/m0/s1. The molecule has 7 heteroatoms. The van der Waals surface area contributed by atoms with Crippen LogP contribution in [-0.2, 0) is 19.1 Å². The number of ether oxygens (including phenoxy) is 1. The van der Waals surface area contributed by atoms with Crippen LogP contribution in [0.15, 0.2) is 48.5 Å². The average Bonchev–Trinajstić information content (AvgIpc) is 3.27. The highest BCUT2D eigenvalue weighted by Crippen LogP contribution is 2.51. The van der Waals surface area contributed by atoms with E-state index < -0.39 is 29.4 Å². The van der Waals surface area contributed by atoms with E-state index in [4.69, 9.17) is 4.74 Å². The minimum absolute atomic E-state index is 0.101. The molecule has 4 rings (SSSR count). The fraction of sp³-hybridized carbons (Fsp3) is 0.400. The van der Waals surface area contributed by atoms with Gasteiger partial charge in [-0.15, -0.1) is 0 Å². The number of methoxy groups -OCH3 is 1. The molecular weight excluding hydrogens is 408 g/mol. The molecule has 4 atom stereocenters. The molecule has 168 valence electrons. The zero-order chi connectivity index (χ0) is 23.0. The van der Waals surface area contributed by atoms with Gasteiger partial charge in [-0.1, -0.05) is 49.6 Å². The summed E-state index contributed by atoms with van der Waals surface area (Å²) in [5.41, 5.74) is 0.943. The summed E-state index contributed by atoms with van der Waals surface area (Å²) in [6, 6.07) is 13.1. The first kappa shape index (κ1) is 22.0. The van der Waals surface area contributed by atoms with Crippen molar-refractivity contribution >= 4 is 23.5 Å². The highest BCUT2D eigenvalue weighted by Gasteiger charge is 2.68. The fourth-order valence-corrected chi connectivity index (χ4v) is 5.08. The molecule has 2 aliphatic rings. The summed E-state index contributed by atoms with van der Waals surface area (Å²) in [6.45, 7) is 3.94. The van der Waals surface area contributed by atoms with Gasteiger partial charge in [0.1, 0.15) is 11.3 Å². The Kier molecular flexibility index (Phi) is 5.77. The number of hydrogen-bond donors (Lipinski definition) is 2. The number of anilines is 1. The van der Waals surface area contributed by atoms with Gasteiger partial charge >= 0.3 is 5.97 Å². The Morgan fingerprint density at radius 1 is 1.09 bits per heavy atom. The number of nitrogens with zero attached hydrogens (tertiary/aromatic N) is 1. The van der Waals surface area contributed by atoms with Gasteiger partial charge in [0, 0.05) is 6.04 Å². The van der Waals surface area contributed by atoms with Crippen molar-refractivity contribution in [3.63, 3.8) is 0 Å². The Balaban J connectivity index is 1.85. The summed E-state index contributed by atoms with van der Waals surface area (Å²) in [5, 5.41) is 13.1. The highest BCUT2D eigenvalue weighted by atomic mass is 16.5. The predicted molar refractivity (Wildman–Crippen MR) is 119 cm³/mol. The van der Waals surface area contributed by atoms with Gasteiger partial charge < -0.3 is 9.84 Å². The Bertz CT molecular complexity index is 1030. The quantitative estimate of drug-likeness (QED) is 0.533. The number of imide groups is 1. The number of aryl methyl sites for hydroxylation is 1. The van der Waals surface area contributed by atoms with Crippen LogP contribution >= 0.6 is 0 Å². The Hall–Kier alpha value is -3.19. The topological polar surface area (TPSA) is 95.9 Å². The SMILES string of the molecule is CCCC[C@]1(C(=O)OC)N[C@H](c2ccc(O)cc2)[C@H]2C(=O)N(c3ccc(C)cc3)C(=O)[C@H]21. The van der Waals surface area contributed by atoms with Crippen LogP contribution in [0.3, 0.4) is 0 Å². The van der Waals surface area contributed by atoms with Crippen molar-refractivity contribution < 1.29 is 24.2 Å². The maximum absolute atomic E-state index is 13.7. The number of benzene rings is 2. The minimum atomic E-state index is -1.30. The number of aromatic hydroxyl groups is 1. The number of phenolic OH excluding ortho intramolecular Hbond substituents is 1. The number of carbonyl (C=O) groups is 3. The second-order valence-corrected chi connectivity index (χ2v) is 8.63. The van der Waals surface area contributed by atoms with Crippen molar-refractivity contribution in [2.75, 3.05) is 12.0 Å². The number of rotatable bonds is 6. The van der Waals surface area contributed by atoms with E-state index in [-0.39, 0.29) is 17.6 Å². The summed E-state index contributed by atoms with van der Waals surface area (Å²) >= 11 is 0. The van der Waals surface area contributed by atoms with Gasteiger partial charge in [0.2, 0.25) is 11.8 Å². The van der Waals surface area contributed by atoms with E-state index in [1.807, 2.05) is 26.0 Å². The molecule has 0 saturated carbocycles. The third-order valence-electron chi connectivity index (χ3n) is 6.67. The molecule has 2 N–H and O–H groups in total. The number of phenols is 1. The maximum Gasteiger partial charge on any atom is 0.326 e. The van der Waals surface area contributed by atoms with Gasteiger partial charge in [0.15, 0.2) is 0 Å². The molecule has 2 fully saturated rings. The normalized spacial score (nSPS) is 27.0. The minimum Gasteiger partial charge on any atom is -0.508 e. The molecular formula is C25H28N2O5. The molecule has 0 aliphatic carbocycles. The van der Waals surface area contributed by atoms with Crippen molar-refractivity contribution in [3.8, 4) is 5.75 Å². The molecule has 0 aromatic heterocycles. The van der Waals surface area contributed by atoms with Gasteiger partial charge in [-0.2, -0.15) is 0 Å². The van der Waals surface area contributed by atoms with Crippen molar-refractivity contribution in [3.05, 3.63) is 59.7 Å².